The third-order valence-electron chi connectivity index (χ3n) is 1.06. The molecule has 0 saturated carbocycles. The van der Waals surface area contributed by atoms with E-state index in [2.05, 4.69) is 26.5 Å². The zero-order valence-corrected chi connectivity index (χ0v) is 7.21. The maximum absolute atomic E-state index is 2.38. The van der Waals surface area contributed by atoms with Crippen LogP contribution in [0.5, 0.6) is 0 Å². The van der Waals surface area contributed by atoms with E-state index in [0.717, 1.165) is 0 Å². The summed E-state index contributed by atoms with van der Waals surface area (Å²) in [4.78, 5) is 0. The molecule has 0 aromatic carbocycles. The van der Waals surface area contributed by atoms with E-state index in [0.29, 0.717) is 0 Å². The molecule has 0 saturated heterocycles. The first-order chi connectivity index (χ1) is 2.56. The highest BCUT2D eigenvalue weighted by atomic mass is 28.3. The molecule has 2 nitrogen and oxygen atoms in total. The second-order valence-electron chi connectivity index (χ2n) is 2.91. The number of rotatable bonds is 1. The Kier molecular flexibility index (Phi) is 10.5. The number of hydrogen-bond acceptors (Lipinski definition) is 0. The first kappa shape index (κ1) is 15.7. The summed E-state index contributed by atoms with van der Waals surface area (Å²) in [5.41, 5.74) is 0. The van der Waals surface area contributed by atoms with Crippen LogP contribution in [0.3, 0.4) is 0 Å². The van der Waals surface area contributed by atoms with Crippen molar-refractivity contribution in [1.82, 2.24) is 0 Å². The molecule has 4 heteroatoms. The summed E-state index contributed by atoms with van der Waals surface area (Å²) in [6.45, 7) is 10.8. The molecule has 0 aliphatic heterocycles. The van der Waals surface area contributed by atoms with Crippen molar-refractivity contribution in [3.8, 4) is 0 Å². The van der Waals surface area contributed by atoms with E-state index in [1.165, 1.54) is 6.87 Å². The van der Waals surface area contributed by atoms with Gasteiger partial charge in [-0.05, 0) is 0 Å². The molecule has 4 N–H and O–H groups in total. The Balaban J connectivity index is -0.000000125. The van der Waals surface area contributed by atoms with Crippen LogP contribution in [0.2, 0.25) is 26.5 Å². The fraction of sp³-hybridized carbons (Fsp3) is 1.00. The van der Waals surface area contributed by atoms with Crippen molar-refractivity contribution in [3.63, 3.8) is 0 Å². The minimum absolute atomic E-state index is 0. The van der Waals surface area contributed by atoms with E-state index in [1.54, 1.807) is 0 Å². The van der Waals surface area contributed by atoms with E-state index < -0.39 is 7.94 Å². The van der Waals surface area contributed by atoms with Gasteiger partial charge < -0.3 is 11.0 Å². The molecule has 52 valence electrons. The Labute approximate surface area is 53.1 Å². The van der Waals surface area contributed by atoms with Gasteiger partial charge in [-0.2, -0.15) is 0 Å². The second-order valence-corrected chi connectivity index (χ2v) is 8.74. The predicted octanol–water partition coefficient (Wildman–Crippen LogP) is -0.344. The molecule has 8 heavy (non-hydrogen) atoms. The van der Waals surface area contributed by atoms with Gasteiger partial charge in [-0.3, -0.25) is 0 Å². The molecule has 0 aliphatic carbocycles. The van der Waals surface area contributed by atoms with Crippen LogP contribution in [0.25, 0.3) is 0 Å². The summed E-state index contributed by atoms with van der Waals surface area (Å²) < 4.78 is 0. The molecular formula is C4H17BO2Si. The summed E-state index contributed by atoms with van der Waals surface area (Å²) in [6.07, 6.45) is 0. The zero-order chi connectivity index (χ0) is 5.21. The Bertz CT molecular complexity index is 43.8. The van der Waals surface area contributed by atoms with Crippen LogP contribution in [0.4, 0.5) is 0 Å². The van der Waals surface area contributed by atoms with E-state index in [1.807, 2.05) is 0 Å². The van der Waals surface area contributed by atoms with Gasteiger partial charge in [0.1, 0.15) is 6.87 Å². The first-order valence-electron chi connectivity index (χ1n) is 2.56. The standard InChI is InChI=1S/C4H13BSi.2H2O/c1-5-6(2,3)4;;/h5H,1-4H3;2*1H2. The summed E-state index contributed by atoms with van der Waals surface area (Å²) in [5.74, 6) is 0. The van der Waals surface area contributed by atoms with Gasteiger partial charge in [0.15, 0.2) is 0 Å². The molecule has 0 heterocycles. The summed E-state index contributed by atoms with van der Waals surface area (Å²) in [5, 5.41) is 0. The monoisotopic (exact) mass is 136 g/mol. The highest BCUT2D eigenvalue weighted by Crippen LogP contribution is 1.94. The van der Waals surface area contributed by atoms with Crippen molar-refractivity contribution >= 4 is 14.8 Å². The summed E-state index contributed by atoms with van der Waals surface area (Å²) in [7, 11) is -0.631. The molecule has 0 bridgehead atoms. The fourth-order valence-electron chi connectivity index (χ4n) is 0. The van der Waals surface area contributed by atoms with Gasteiger partial charge in [0, 0.05) is 7.94 Å². The number of hydrogen-bond donors (Lipinski definition) is 0. The first-order valence-corrected chi connectivity index (χ1v) is 6.27. The van der Waals surface area contributed by atoms with Crippen LogP contribution in [-0.2, 0) is 0 Å². The Morgan fingerprint density at radius 3 is 1.12 bits per heavy atom. The molecule has 0 unspecified atom stereocenters. The van der Waals surface area contributed by atoms with Crippen molar-refractivity contribution in [2.45, 2.75) is 26.5 Å². The molecule has 0 aromatic rings. The largest absolute Gasteiger partial charge is 0.412 e. The molecule has 0 aromatic heterocycles. The Morgan fingerprint density at radius 1 is 1.00 bits per heavy atom. The molecule has 0 rings (SSSR count). The topological polar surface area (TPSA) is 63.0 Å². The van der Waals surface area contributed by atoms with Crippen molar-refractivity contribution in [1.29, 1.82) is 0 Å². The van der Waals surface area contributed by atoms with E-state index in [4.69, 9.17) is 0 Å². The molecule has 0 atom stereocenters. The van der Waals surface area contributed by atoms with Crippen LogP contribution in [0.15, 0.2) is 0 Å². The Morgan fingerprint density at radius 2 is 1.12 bits per heavy atom. The van der Waals surface area contributed by atoms with Gasteiger partial charge in [-0.1, -0.05) is 26.5 Å². The zero-order valence-electron chi connectivity index (χ0n) is 6.21. The van der Waals surface area contributed by atoms with Gasteiger partial charge in [-0.25, -0.2) is 0 Å². The molecule has 0 radical (unpaired) electrons. The van der Waals surface area contributed by atoms with Crippen molar-refractivity contribution in [3.05, 3.63) is 0 Å². The van der Waals surface area contributed by atoms with E-state index in [-0.39, 0.29) is 11.0 Å². The Hall–Kier alpha value is 0.202. The normalized spacial score (nSPS) is 8.50. The predicted molar refractivity (Wildman–Crippen MR) is 43.6 cm³/mol. The summed E-state index contributed by atoms with van der Waals surface area (Å²) >= 11 is 0. The highest BCUT2D eigenvalue weighted by molar-refractivity contribution is 7.22. The average molecular weight is 136 g/mol. The van der Waals surface area contributed by atoms with Gasteiger partial charge in [0.05, 0.1) is 0 Å². The minimum Gasteiger partial charge on any atom is -0.412 e. The molecule has 0 amide bonds. The fourth-order valence-corrected chi connectivity index (χ4v) is 0. The molecular weight excluding hydrogens is 119 g/mol. The molecule has 0 spiro atoms. The van der Waals surface area contributed by atoms with Crippen molar-refractivity contribution in [2.75, 3.05) is 0 Å². The third kappa shape index (κ3) is 16.4. The van der Waals surface area contributed by atoms with Gasteiger partial charge in [0.25, 0.3) is 0 Å². The van der Waals surface area contributed by atoms with Gasteiger partial charge >= 0.3 is 0 Å². The third-order valence-corrected chi connectivity index (χ3v) is 3.18. The second kappa shape index (κ2) is 5.34. The SMILES string of the molecule is CB[Si](C)(C)C.O.O. The van der Waals surface area contributed by atoms with Crippen LogP contribution in [-0.4, -0.2) is 25.8 Å². The highest BCUT2D eigenvalue weighted by Gasteiger charge is 2.08. The average Bonchev–Trinajstić information content (AvgIpc) is 1.35. The van der Waals surface area contributed by atoms with Crippen LogP contribution >= 0.6 is 0 Å². The van der Waals surface area contributed by atoms with E-state index in [9.17, 15) is 0 Å². The lowest BCUT2D eigenvalue weighted by atomic mass is 10.2. The van der Waals surface area contributed by atoms with Crippen LogP contribution in [0.1, 0.15) is 0 Å². The molecule has 0 fully saturated rings. The lowest BCUT2D eigenvalue weighted by molar-refractivity contribution is 0.823. The van der Waals surface area contributed by atoms with Crippen LogP contribution in [0, 0.1) is 0 Å². The minimum atomic E-state index is -0.631. The maximum Gasteiger partial charge on any atom is 0.112 e. The van der Waals surface area contributed by atoms with E-state index >= 15 is 0 Å². The lowest BCUT2D eigenvalue weighted by Gasteiger charge is -2.08. The maximum atomic E-state index is 2.38. The quantitative estimate of drug-likeness (QED) is 0.442. The smallest absolute Gasteiger partial charge is 0.112 e. The van der Waals surface area contributed by atoms with Gasteiger partial charge in [0.2, 0.25) is 0 Å². The van der Waals surface area contributed by atoms with Crippen molar-refractivity contribution in [2.24, 2.45) is 0 Å². The van der Waals surface area contributed by atoms with Gasteiger partial charge in [-0.15, -0.1) is 0 Å². The van der Waals surface area contributed by atoms with Crippen LogP contribution < -0.4 is 0 Å². The summed E-state index contributed by atoms with van der Waals surface area (Å²) in [6, 6.07) is 0. The lowest BCUT2D eigenvalue weighted by Crippen LogP contribution is -2.26. The molecule has 0 aliphatic rings. The van der Waals surface area contributed by atoms with Crippen molar-refractivity contribution < 1.29 is 11.0 Å².